The summed E-state index contributed by atoms with van der Waals surface area (Å²) >= 11 is 0. The predicted molar refractivity (Wildman–Crippen MR) is 121 cm³/mol. The number of hydrazine groups is 1. The molecular weight excluding hydrogens is 395 g/mol. The number of hydrazone groups is 1. The summed E-state index contributed by atoms with van der Waals surface area (Å²) in [5.74, 6) is -0.180. The van der Waals surface area contributed by atoms with Crippen LogP contribution in [-0.4, -0.2) is 59.7 Å². The van der Waals surface area contributed by atoms with E-state index >= 15 is 0 Å². The molecule has 0 bridgehead atoms. The second-order valence-corrected chi connectivity index (χ2v) is 8.42. The minimum absolute atomic E-state index is 0.369. The smallest absolute Gasteiger partial charge is 0.466 e. The van der Waals surface area contributed by atoms with E-state index in [4.69, 9.17) is 4.74 Å². The molecular formula is C22H27BN4O4. The summed E-state index contributed by atoms with van der Waals surface area (Å²) in [6.45, 7) is 7.30. The molecule has 0 spiro atoms. The Balaban J connectivity index is 1.92. The normalized spacial score (nSPS) is 13.0. The standard InChI is InChI=1S/C22H27BN4O4/c1-14-17(8-7-9-19(14)31-6)20(28)25-27(22(2,3)4)21(29)15-10-11-18-16(12-15)13-24-26(5)23(18)30/h7-13,30H,1-6H3,(H,25,28). The van der Waals surface area contributed by atoms with Crippen LogP contribution in [0.3, 0.4) is 0 Å². The molecule has 0 atom stereocenters. The van der Waals surface area contributed by atoms with E-state index in [0.717, 1.165) is 0 Å². The van der Waals surface area contributed by atoms with E-state index in [1.165, 1.54) is 9.93 Å². The van der Waals surface area contributed by atoms with Crippen molar-refractivity contribution in [2.75, 3.05) is 14.2 Å². The van der Waals surface area contributed by atoms with Crippen molar-refractivity contribution in [2.45, 2.75) is 33.2 Å². The van der Waals surface area contributed by atoms with Crippen molar-refractivity contribution in [1.29, 1.82) is 0 Å². The lowest BCUT2D eigenvalue weighted by Crippen LogP contribution is -2.56. The molecule has 2 aromatic rings. The third kappa shape index (κ3) is 4.41. The molecule has 0 fully saturated rings. The van der Waals surface area contributed by atoms with Crippen LogP contribution in [0.1, 0.15) is 52.6 Å². The first-order chi connectivity index (χ1) is 14.5. The van der Waals surface area contributed by atoms with Crippen LogP contribution < -0.4 is 15.6 Å². The van der Waals surface area contributed by atoms with E-state index in [1.54, 1.807) is 63.7 Å². The number of ether oxygens (including phenoxy) is 1. The lowest BCUT2D eigenvalue weighted by Gasteiger charge is -2.36. The van der Waals surface area contributed by atoms with Crippen LogP contribution in [0.4, 0.5) is 0 Å². The number of methoxy groups -OCH3 is 1. The molecule has 0 saturated heterocycles. The highest BCUT2D eigenvalue weighted by Crippen LogP contribution is 2.22. The van der Waals surface area contributed by atoms with Gasteiger partial charge in [-0.2, -0.15) is 5.10 Å². The Hall–Kier alpha value is -3.33. The SMILES string of the molecule is COc1cccc(C(=O)NN(C(=O)c2ccc3c(c2)C=NN(C)B3O)C(C)(C)C)c1C. The molecule has 2 N–H and O–H groups in total. The maximum absolute atomic E-state index is 13.4. The number of hydrogen-bond donors (Lipinski definition) is 2. The molecule has 162 valence electrons. The van der Waals surface area contributed by atoms with Gasteiger partial charge in [-0.15, -0.1) is 0 Å². The Labute approximate surface area is 182 Å². The van der Waals surface area contributed by atoms with Crippen LogP contribution in [-0.2, 0) is 0 Å². The van der Waals surface area contributed by atoms with Gasteiger partial charge in [-0.25, -0.2) is 5.01 Å². The van der Waals surface area contributed by atoms with Crippen LogP contribution in [0.15, 0.2) is 41.5 Å². The van der Waals surface area contributed by atoms with Crippen LogP contribution in [0, 0.1) is 6.92 Å². The number of rotatable bonds is 3. The minimum atomic E-state index is -0.876. The van der Waals surface area contributed by atoms with E-state index < -0.39 is 18.5 Å². The molecule has 0 saturated carbocycles. The van der Waals surface area contributed by atoms with E-state index in [9.17, 15) is 14.6 Å². The molecule has 0 radical (unpaired) electrons. The first-order valence-electron chi connectivity index (χ1n) is 9.92. The molecule has 1 aliphatic rings. The van der Waals surface area contributed by atoms with E-state index in [-0.39, 0.29) is 5.91 Å². The van der Waals surface area contributed by atoms with Gasteiger partial charge in [0.1, 0.15) is 5.75 Å². The molecule has 1 aliphatic heterocycles. The van der Waals surface area contributed by atoms with Crippen molar-refractivity contribution in [3.8, 4) is 5.75 Å². The topological polar surface area (TPSA) is 94.5 Å². The number of benzene rings is 2. The average molecular weight is 422 g/mol. The number of nitrogens with one attached hydrogen (secondary N) is 1. The van der Waals surface area contributed by atoms with Crippen molar-refractivity contribution in [3.63, 3.8) is 0 Å². The lowest BCUT2D eigenvalue weighted by atomic mass is 9.70. The summed E-state index contributed by atoms with van der Waals surface area (Å²) in [5.41, 5.74) is 4.86. The molecule has 8 nitrogen and oxygen atoms in total. The summed E-state index contributed by atoms with van der Waals surface area (Å²) < 4.78 is 5.30. The Morgan fingerprint density at radius 2 is 1.94 bits per heavy atom. The highest BCUT2D eigenvalue weighted by molar-refractivity contribution is 6.65. The first-order valence-corrected chi connectivity index (χ1v) is 9.92. The fourth-order valence-corrected chi connectivity index (χ4v) is 3.37. The zero-order valence-corrected chi connectivity index (χ0v) is 18.6. The van der Waals surface area contributed by atoms with Gasteiger partial charge in [-0.3, -0.25) is 15.0 Å². The number of fused-ring (bicyclic) bond motifs is 1. The van der Waals surface area contributed by atoms with Gasteiger partial charge in [0.15, 0.2) is 0 Å². The molecule has 1 heterocycles. The number of carbonyl (C=O) groups is 2. The van der Waals surface area contributed by atoms with Crippen molar-refractivity contribution >= 4 is 30.5 Å². The van der Waals surface area contributed by atoms with Crippen molar-refractivity contribution in [1.82, 2.24) is 15.4 Å². The number of nitrogens with zero attached hydrogens (tertiary/aromatic N) is 3. The van der Waals surface area contributed by atoms with Crippen molar-refractivity contribution in [3.05, 3.63) is 58.7 Å². The zero-order chi connectivity index (χ0) is 22.9. The molecule has 0 unspecified atom stereocenters. The first kappa shape index (κ1) is 22.4. The summed E-state index contributed by atoms with van der Waals surface area (Å²) in [6.07, 6.45) is 1.60. The molecule has 2 amide bonds. The summed E-state index contributed by atoms with van der Waals surface area (Å²) in [4.78, 5) is 27.8. The third-order valence-corrected chi connectivity index (χ3v) is 5.18. The van der Waals surface area contributed by atoms with E-state index in [1.807, 2.05) is 20.8 Å². The van der Waals surface area contributed by atoms with Crippen molar-refractivity contribution < 1.29 is 19.3 Å². The van der Waals surface area contributed by atoms with Gasteiger partial charge < -0.3 is 14.7 Å². The fraction of sp³-hybridized carbons (Fsp3) is 0.318. The molecule has 31 heavy (non-hydrogen) atoms. The molecule has 3 rings (SSSR count). The van der Waals surface area contributed by atoms with Gasteiger partial charge in [0, 0.05) is 23.7 Å². The zero-order valence-electron chi connectivity index (χ0n) is 18.6. The maximum atomic E-state index is 13.4. The van der Waals surface area contributed by atoms with Crippen molar-refractivity contribution in [2.24, 2.45) is 5.10 Å². The molecule has 9 heteroatoms. The number of amides is 2. The van der Waals surface area contributed by atoms with Gasteiger partial charge in [-0.1, -0.05) is 12.1 Å². The van der Waals surface area contributed by atoms with Gasteiger partial charge in [0.2, 0.25) is 0 Å². The molecule has 0 aromatic heterocycles. The number of carbonyl (C=O) groups excluding carboxylic acids is 2. The third-order valence-electron chi connectivity index (χ3n) is 5.18. The maximum Gasteiger partial charge on any atom is 0.466 e. The van der Waals surface area contributed by atoms with Crippen LogP contribution >= 0.6 is 0 Å². The van der Waals surface area contributed by atoms with Gasteiger partial charge >= 0.3 is 7.05 Å². The van der Waals surface area contributed by atoms with Crippen LogP contribution in [0.25, 0.3) is 0 Å². The predicted octanol–water partition coefficient (Wildman–Crippen LogP) is 1.56. The summed E-state index contributed by atoms with van der Waals surface area (Å²) in [7, 11) is 2.34. The minimum Gasteiger partial charge on any atom is -0.496 e. The van der Waals surface area contributed by atoms with Crippen LogP contribution in [0.2, 0.25) is 0 Å². The Morgan fingerprint density at radius 3 is 2.58 bits per heavy atom. The number of hydrogen-bond acceptors (Lipinski definition) is 6. The summed E-state index contributed by atoms with van der Waals surface area (Å²) in [5, 5.41) is 15.7. The van der Waals surface area contributed by atoms with Gasteiger partial charge in [-0.05, 0) is 63.0 Å². The fourth-order valence-electron chi connectivity index (χ4n) is 3.37. The Bertz CT molecular complexity index is 1050. The Kier molecular flexibility index (Phi) is 6.08. The molecule has 0 aliphatic carbocycles. The second-order valence-electron chi connectivity index (χ2n) is 8.42. The largest absolute Gasteiger partial charge is 0.496 e. The monoisotopic (exact) mass is 422 g/mol. The second kappa shape index (κ2) is 8.43. The van der Waals surface area contributed by atoms with Gasteiger partial charge in [0.25, 0.3) is 11.8 Å². The lowest BCUT2D eigenvalue weighted by molar-refractivity contribution is 0.0358. The van der Waals surface area contributed by atoms with Crippen LogP contribution in [0.5, 0.6) is 5.75 Å². The summed E-state index contributed by atoms with van der Waals surface area (Å²) in [6, 6.07) is 10.2. The molecule has 2 aromatic carbocycles. The van der Waals surface area contributed by atoms with E-state index in [0.29, 0.717) is 33.5 Å². The highest BCUT2D eigenvalue weighted by Gasteiger charge is 2.32. The van der Waals surface area contributed by atoms with Gasteiger partial charge in [0.05, 0.1) is 18.9 Å². The highest BCUT2D eigenvalue weighted by atomic mass is 16.5. The quantitative estimate of drug-likeness (QED) is 0.579. The van der Waals surface area contributed by atoms with E-state index in [2.05, 4.69) is 10.5 Å². The Morgan fingerprint density at radius 1 is 1.23 bits per heavy atom. The average Bonchev–Trinajstić information content (AvgIpc) is 2.73.